The van der Waals surface area contributed by atoms with Crippen LogP contribution in [0, 0.1) is 20.2 Å². The third kappa shape index (κ3) is 8.29. The van der Waals surface area contributed by atoms with Crippen LogP contribution in [-0.2, 0) is 37.0 Å². The lowest BCUT2D eigenvalue weighted by Crippen LogP contribution is -2.50. The highest BCUT2D eigenvalue weighted by Crippen LogP contribution is 2.33. The van der Waals surface area contributed by atoms with E-state index in [0.717, 1.165) is 6.26 Å². The second-order valence-corrected chi connectivity index (χ2v) is 12.6. The van der Waals surface area contributed by atoms with Crippen molar-refractivity contribution in [2.75, 3.05) is 31.6 Å². The zero-order valence-corrected chi connectivity index (χ0v) is 24.0. The van der Waals surface area contributed by atoms with E-state index >= 15 is 0 Å². The molecule has 0 spiro atoms. The van der Waals surface area contributed by atoms with Gasteiger partial charge >= 0.3 is 12.2 Å². The van der Waals surface area contributed by atoms with E-state index in [9.17, 15) is 38.2 Å². The number of benzene rings is 2. The molecular formula is C25H28N4O11S2. The van der Waals surface area contributed by atoms with E-state index < -0.39 is 44.3 Å². The Hall–Kier alpha value is -3.96. The van der Waals surface area contributed by atoms with E-state index in [1.165, 1.54) is 70.1 Å². The Bertz CT molecular complexity index is 1420. The Morgan fingerprint density at radius 1 is 0.905 bits per heavy atom. The zero-order valence-electron chi connectivity index (χ0n) is 22.4. The summed E-state index contributed by atoms with van der Waals surface area (Å²) >= 11 is 1.53. The summed E-state index contributed by atoms with van der Waals surface area (Å²) in [5.74, 6) is 0.539. The predicted molar refractivity (Wildman–Crippen MR) is 149 cm³/mol. The van der Waals surface area contributed by atoms with E-state index in [4.69, 9.17) is 13.7 Å². The molecule has 2 aliphatic heterocycles. The minimum Gasteiger partial charge on any atom is -0.445 e. The molecule has 2 aromatic rings. The van der Waals surface area contributed by atoms with Crippen LogP contribution in [0.4, 0.5) is 21.0 Å². The van der Waals surface area contributed by atoms with Gasteiger partial charge in [-0.15, -0.1) is 0 Å². The molecule has 17 heteroatoms. The lowest BCUT2D eigenvalue weighted by molar-refractivity contribution is -0.385. The van der Waals surface area contributed by atoms with Crippen molar-refractivity contribution in [1.29, 1.82) is 0 Å². The summed E-state index contributed by atoms with van der Waals surface area (Å²) in [4.78, 5) is 49.5. The average Bonchev–Trinajstić information content (AvgIpc) is 3.37. The van der Waals surface area contributed by atoms with E-state index in [1.54, 1.807) is 0 Å². The van der Waals surface area contributed by atoms with Gasteiger partial charge in [0.2, 0.25) is 0 Å². The molecule has 15 nitrogen and oxygen atoms in total. The van der Waals surface area contributed by atoms with Gasteiger partial charge in [-0.05, 0) is 41.8 Å². The molecule has 226 valence electrons. The Labute approximate surface area is 245 Å². The number of hydrogen-bond donors (Lipinski definition) is 0. The Morgan fingerprint density at radius 2 is 1.43 bits per heavy atom. The number of carbonyl (C=O) groups is 2. The van der Waals surface area contributed by atoms with Crippen molar-refractivity contribution in [1.82, 2.24) is 9.80 Å². The Kier molecular flexibility index (Phi) is 9.85. The number of nitro groups is 2. The summed E-state index contributed by atoms with van der Waals surface area (Å²) in [6.45, 7) is 0.321. The van der Waals surface area contributed by atoms with Crippen molar-refractivity contribution in [3.05, 3.63) is 79.9 Å². The van der Waals surface area contributed by atoms with Crippen molar-refractivity contribution in [2.24, 2.45) is 0 Å². The standard InChI is InChI=1S/C25H28N4O11S2/c1-42(36,37)40-21-12-22(27(13-21)25(31)39-16-18-4-8-20(9-5-18)29(34)35)23-14-26(10-11-41-23)24(30)38-15-17-2-6-19(7-3-17)28(32)33/h2-9,21-23H,10-16H2,1H3/t21-,22+,23?/m1/s1. The van der Waals surface area contributed by atoms with Gasteiger partial charge in [-0.25, -0.2) is 9.59 Å². The molecule has 1 unspecified atom stereocenters. The van der Waals surface area contributed by atoms with Gasteiger partial charge in [0.1, 0.15) is 13.2 Å². The molecule has 2 fully saturated rings. The number of likely N-dealkylation sites (tertiary alicyclic amines) is 1. The van der Waals surface area contributed by atoms with E-state index in [2.05, 4.69) is 0 Å². The molecule has 2 amide bonds. The first-order valence-corrected chi connectivity index (χ1v) is 15.6. The van der Waals surface area contributed by atoms with Crippen LogP contribution in [-0.4, -0.2) is 89.3 Å². The average molecular weight is 625 g/mol. The Morgan fingerprint density at radius 3 is 1.93 bits per heavy atom. The van der Waals surface area contributed by atoms with Gasteiger partial charge in [-0.1, -0.05) is 0 Å². The summed E-state index contributed by atoms with van der Waals surface area (Å²) in [7, 11) is -3.81. The molecule has 2 saturated heterocycles. The summed E-state index contributed by atoms with van der Waals surface area (Å²) in [5.41, 5.74) is 0.931. The fourth-order valence-corrected chi connectivity index (χ4v) is 6.70. The summed E-state index contributed by atoms with van der Waals surface area (Å²) < 4.78 is 39.7. The highest BCUT2D eigenvalue weighted by atomic mass is 32.2. The molecule has 2 heterocycles. The lowest BCUT2D eigenvalue weighted by Gasteiger charge is -2.37. The first kappa shape index (κ1) is 31.0. The van der Waals surface area contributed by atoms with Crippen molar-refractivity contribution < 1.29 is 41.5 Å². The van der Waals surface area contributed by atoms with Crippen LogP contribution in [0.2, 0.25) is 0 Å². The fourth-order valence-electron chi connectivity index (χ4n) is 4.67. The van der Waals surface area contributed by atoms with Crippen molar-refractivity contribution >= 4 is 45.4 Å². The van der Waals surface area contributed by atoms with Gasteiger partial charge in [0.05, 0.1) is 34.8 Å². The topological polar surface area (TPSA) is 189 Å². The van der Waals surface area contributed by atoms with Gasteiger partial charge in [0, 0.05) is 48.4 Å². The SMILES string of the molecule is CS(=O)(=O)O[C@@H]1C[C@@H](C2CN(C(=O)OCc3ccc([N+](=O)[O-])cc3)CCS2)N(C(=O)OCc2ccc([N+](=O)[O-])cc2)C1. The predicted octanol–water partition coefficient (Wildman–Crippen LogP) is 3.31. The van der Waals surface area contributed by atoms with Gasteiger partial charge in [0.25, 0.3) is 21.5 Å². The van der Waals surface area contributed by atoms with Gasteiger partial charge in [-0.3, -0.25) is 24.4 Å². The number of hydrogen-bond acceptors (Lipinski definition) is 12. The molecule has 0 aromatic heterocycles. The molecule has 0 N–H and O–H groups in total. The van der Waals surface area contributed by atoms with Crippen LogP contribution in [0.1, 0.15) is 17.5 Å². The molecule has 42 heavy (non-hydrogen) atoms. The number of rotatable bonds is 9. The summed E-state index contributed by atoms with van der Waals surface area (Å²) in [6, 6.07) is 10.7. The third-order valence-electron chi connectivity index (χ3n) is 6.65. The number of thioether (sulfide) groups is 1. The maximum Gasteiger partial charge on any atom is 0.410 e. The second kappa shape index (κ2) is 13.3. The molecule has 2 aliphatic rings. The van der Waals surface area contributed by atoms with Gasteiger partial charge < -0.3 is 19.3 Å². The fraction of sp³-hybridized carbons (Fsp3) is 0.440. The van der Waals surface area contributed by atoms with E-state index in [-0.39, 0.29) is 49.3 Å². The number of amides is 2. The number of ether oxygens (including phenoxy) is 2. The van der Waals surface area contributed by atoms with Crippen molar-refractivity contribution in [2.45, 2.75) is 37.0 Å². The van der Waals surface area contributed by atoms with Crippen LogP contribution in [0.5, 0.6) is 0 Å². The maximum atomic E-state index is 13.1. The van der Waals surface area contributed by atoms with Crippen LogP contribution < -0.4 is 0 Å². The summed E-state index contributed by atoms with van der Waals surface area (Å²) in [5, 5.41) is 21.4. The molecule has 0 aliphatic carbocycles. The molecule has 0 radical (unpaired) electrons. The van der Waals surface area contributed by atoms with Crippen LogP contribution in [0.3, 0.4) is 0 Å². The lowest BCUT2D eigenvalue weighted by atomic mass is 10.1. The highest BCUT2D eigenvalue weighted by molar-refractivity contribution is 8.00. The van der Waals surface area contributed by atoms with Crippen LogP contribution in [0.15, 0.2) is 48.5 Å². The van der Waals surface area contributed by atoms with Crippen molar-refractivity contribution in [3.63, 3.8) is 0 Å². The quantitative estimate of drug-likeness (QED) is 0.225. The maximum absolute atomic E-state index is 13.1. The monoisotopic (exact) mass is 624 g/mol. The zero-order chi connectivity index (χ0) is 30.4. The molecular weight excluding hydrogens is 596 g/mol. The van der Waals surface area contributed by atoms with E-state index in [0.29, 0.717) is 23.4 Å². The molecule has 0 saturated carbocycles. The number of nitro benzene ring substituents is 2. The van der Waals surface area contributed by atoms with Gasteiger partial charge in [0.15, 0.2) is 0 Å². The molecule has 4 rings (SSSR count). The first-order valence-electron chi connectivity index (χ1n) is 12.7. The minimum absolute atomic E-state index is 0.0432. The van der Waals surface area contributed by atoms with E-state index in [1.807, 2.05) is 0 Å². The number of nitrogens with zero attached hydrogens (tertiary/aromatic N) is 4. The molecule has 0 bridgehead atoms. The normalized spacial score (nSPS) is 20.6. The highest BCUT2D eigenvalue weighted by Gasteiger charge is 2.44. The van der Waals surface area contributed by atoms with Crippen LogP contribution in [0.25, 0.3) is 0 Å². The second-order valence-electron chi connectivity index (χ2n) is 9.69. The molecule has 2 aromatic carbocycles. The number of non-ortho nitro benzene ring substituents is 2. The molecule has 3 atom stereocenters. The summed E-state index contributed by atoms with van der Waals surface area (Å²) in [6.07, 6.45) is -0.982. The Balaban J connectivity index is 1.39. The minimum atomic E-state index is -3.81. The largest absolute Gasteiger partial charge is 0.445 e. The number of carbonyl (C=O) groups excluding carboxylic acids is 2. The van der Waals surface area contributed by atoms with Crippen molar-refractivity contribution in [3.8, 4) is 0 Å². The third-order valence-corrected chi connectivity index (χ3v) is 8.58. The van der Waals surface area contributed by atoms with Gasteiger partial charge in [-0.2, -0.15) is 20.2 Å². The van der Waals surface area contributed by atoms with Crippen LogP contribution >= 0.6 is 11.8 Å². The smallest absolute Gasteiger partial charge is 0.410 e. The first-order chi connectivity index (χ1) is 19.9.